The van der Waals surface area contributed by atoms with Crippen LogP contribution in [0.25, 0.3) is 10.8 Å². The monoisotopic (exact) mass is 260 g/mol. The van der Waals surface area contributed by atoms with E-state index in [2.05, 4.69) is 10.3 Å². The predicted octanol–water partition coefficient (Wildman–Crippen LogP) is 2.41. The number of fused-ring (bicyclic) bond motifs is 2. The fourth-order valence-corrected chi connectivity index (χ4v) is 2.03. The first-order valence-corrected chi connectivity index (χ1v) is 6.23. The molecule has 1 aliphatic heterocycles. The smallest absolute Gasteiger partial charge is 0.231 e. The molecule has 0 amide bonds. The molecule has 2 aromatic rings. The van der Waals surface area contributed by atoms with Gasteiger partial charge in [-0.1, -0.05) is 0 Å². The number of hydrogen-bond acceptors (Lipinski definition) is 5. The second-order valence-corrected chi connectivity index (χ2v) is 4.51. The lowest BCUT2D eigenvalue weighted by molar-refractivity contribution is 0.128. The Hall–Kier alpha value is -2.01. The van der Waals surface area contributed by atoms with Crippen molar-refractivity contribution in [2.24, 2.45) is 0 Å². The van der Waals surface area contributed by atoms with Gasteiger partial charge in [-0.3, -0.25) is 0 Å². The Morgan fingerprint density at radius 1 is 1.37 bits per heavy atom. The van der Waals surface area contributed by atoms with E-state index in [-0.39, 0.29) is 12.9 Å². The van der Waals surface area contributed by atoms with Crippen LogP contribution in [0, 0.1) is 0 Å². The minimum Gasteiger partial charge on any atom is -0.454 e. The standard InChI is InChI=1S/C14H16N2O3/c1-9(17-2)7-16-14-11-6-13-12(18-8-19-13)5-10(11)3-4-15-14/h3-6,9H,7-8H2,1-2H3,(H,15,16). The van der Waals surface area contributed by atoms with Crippen molar-refractivity contribution in [1.29, 1.82) is 0 Å². The summed E-state index contributed by atoms with van der Waals surface area (Å²) in [5, 5.41) is 5.40. The van der Waals surface area contributed by atoms with Crippen LogP contribution < -0.4 is 14.8 Å². The summed E-state index contributed by atoms with van der Waals surface area (Å²) < 4.78 is 16.0. The molecule has 0 fully saturated rings. The molecule has 1 aromatic heterocycles. The van der Waals surface area contributed by atoms with Crippen LogP contribution in [-0.4, -0.2) is 31.5 Å². The average molecular weight is 260 g/mol. The number of anilines is 1. The highest BCUT2D eigenvalue weighted by Crippen LogP contribution is 2.37. The van der Waals surface area contributed by atoms with E-state index in [1.807, 2.05) is 25.1 Å². The van der Waals surface area contributed by atoms with Crippen LogP contribution in [0.2, 0.25) is 0 Å². The Kier molecular flexibility index (Phi) is 3.13. The Labute approximate surface area is 111 Å². The molecule has 0 saturated carbocycles. The van der Waals surface area contributed by atoms with Crippen LogP contribution in [0.5, 0.6) is 11.5 Å². The summed E-state index contributed by atoms with van der Waals surface area (Å²) in [6.45, 7) is 2.99. The molecule has 19 heavy (non-hydrogen) atoms. The third-order valence-corrected chi connectivity index (χ3v) is 3.22. The average Bonchev–Trinajstić information content (AvgIpc) is 2.89. The lowest BCUT2D eigenvalue weighted by Gasteiger charge is -2.13. The van der Waals surface area contributed by atoms with Crippen molar-refractivity contribution in [1.82, 2.24) is 4.98 Å². The molecule has 1 atom stereocenters. The first-order chi connectivity index (χ1) is 9.28. The molecule has 0 spiro atoms. The van der Waals surface area contributed by atoms with Crippen molar-refractivity contribution in [3.05, 3.63) is 24.4 Å². The summed E-state index contributed by atoms with van der Waals surface area (Å²) in [5.74, 6) is 2.39. The Balaban J connectivity index is 1.96. The van der Waals surface area contributed by atoms with Gasteiger partial charge in [0.2, 0.25) is 6.79 Å². The van der Waals surface area contributed by atoms with Crippen LogP contribution in [0.15, 0.2) is 24.4 Å². The maximum atomic E-state index is 5.41. The Morgan fingerprint density at radius 3 is 2.95 bits per heavy atom. The van der Waals surface area contributed by atoms with E-state index in [4.69, 9.17) is 14.2 Å². The number of benzene rings is 1. The number of hydrogen-bond donors (Lipinski definition) is 1. The molecule has 0 aliphatic carbocycles. The van der Waals surface area contributed by atoms with Crippen molar-refractivity contribution < 1.29 is 14.2 Å². The molecule has 0 radical (unpaired) electrons. The van der Waals surface area contributed by atoms with E-state index in [1.54, 1.807) is 13.3 Å². The van der Waals surface area contributed by atoms with Gasteiger partial charge in [-0.15, -0.1) is 0 Å². The molecule has 3 rings (SSSR count). The fourth-order valence-electron chi connectivity index (χ4n) is 2.03. The molecule has 0 saturated heterocycles. The third kappa shape index (κ3) is 2.29. The molecule has 100 valence electrons. The summed E-state index contributed by atoms with van der Waals surface area (Å²) in [6.07, 6.45) is 1.91. The largest absolute Gasteiger partial charge is 0.454 e. The summed E-state index contributed by atoms with van der Waals surface area (Å²) in [7, 11) is 1.70. The molecule has 1 aromatic carbocycles. The highest BCUT2D eigenvalue weighted by atomic mass is 16.7. The minimum absolute atomic E-state index is 0.131. The second-order valence-electron chi connectivity index (χ2n) is 4.51. The normalized spacial score (nSPS) is 14.6. The van der Waals surface area contributed by atoms with Crippen LogP contribution in [0.1, 0.15) is 6.92 Å². The SMILES string of the molecule is COC(C)CNc1nccc2cc3c(cc12)OCO3. The molecule has 2 heterocycles. The Morgan fingerprint density at radius 2 is 2.16 bits per heavy atom. The number of methoxy groups -OCH3 is 1. The van der Waals surface area contributed by atoms with E-state index < -0.39 is 0 Å². The first kappa shape index (κ1) is 12.0. The van der Waals surface area contributed by atoms with Gasteiger partial charge in [-0.2, -0.15) is 0 Å². The number of ether oxygens (including phenoxy) is 3. The first-order valence-electron chi connectivity index (χ1n) is 6.23. The van der Waals surface area contributed by atoms with Crippen LogP contribution in [0.3, 0.4) is 0 Å². The van der Waals surface area contributed by atoms with Crippen LogP contribution in [0.4, 0.5) is 5.82 Å². The molecule has 0 bridgehead atoms. The minimum atomic E-state index is 0.131. The van der Waals surface area contributed by atoms with E-state index >= 15 is 0 Å². The van der Waals surface area contributed by atoms with Gasteiger partial charge in [-0.25, -0.2) is 4.98 Å². The summed E-state index contributed by atoms with van der Waals surface area (Å²) >= 11 is 0. The van der Waals surface area contributed by atoms with Crippen molar-refractivity contribution in [3.8, 4) is 11.5 Å². The highest BCUT2D eigenvalue weighted by molar-refractivity contribution is 5.94. The van der Waals surface area contributed by atoms with Crippen molar-refractivity contribution >= 4 is 16.6 Å². The van der Waals surface area contributed by atoms with Crippen molar-refractivity contribution in [2.75, 3.05) is 25.8 Å². The quantitative estimate of drug-likeness (QED) is 0.914. The van der Waals surface area contributed by atoms with Crippen LogP contribution >= 0.6 is 0 Å². The van der Waals surface area contributed by atoms with E-state index in [1.165, 1.54) is 0 Å². The fraction of sp³-hybridized carbons (Fsp3) is 0.357. The van der Waals surface area contributed by atoms with Gasteiger partial charge in [0, 0.05) is 25.2 Å². The van der Waals surface area contributed by atoms with Crippen molar-refractivity contribution in [2.45, 2.75) is 13.0 Å². The molecule has 1 N–H and O–H groups in total. The highest BCUT2D eigenvalue weighted by Gasteiger charge is 2.15. The maximum Gasteiger partial charge on any atom is 0.231 e. The van der Waals surface area contributed by atoms with Gasteiger partial charge in [0.15, 0.2) is 11.5 Å². The zero-order valence-electron chi connectivity index (χ0n) is 11.0. The van der Waals surface area contributed by atoms with E-state index in [0.717, 1.165) is 28.1 Å². The van der Waals surface area contributed by atoms with Gasteiger partial charge < -0.3 is 19.5 Å². The topological polar surface area (TPSA) is 52.6 Å². The van der Waals surface area contributed by atoms with Gasteiger partial charge in [-0.05, 0) is 30.5 Å². The zero-order valence-corrected chi connectivity index (χ0v) is 11.0. The molecule has 1 aliphatic rings. The molecule has 5 heteroatoms. The predicted molar refractivity (Wildman–Crippen MR) is 72.8 cm³/mol. The number of rotatable bonds is 4. The van der Waals surface area contributed by atoms with Crippen molar-refractivity contribution in [3.63, 3.8) is 0 Å². The lowest BCUT2D eigenvalue weighted by atomic mass is 10.1. The Bertz CT molecular complexity index is 601. The van der Waals surface area contributed by atoms with E-state index in [9.17, 15) is 0 Å². The summed E-state index contributed by atoms with van der Waals surface area (Å²) in [6, 6.07) is 5.90. The van der Waals surface area contributed by atoms with Gasteiger partial charge in [0.25, 0.3) is 0 Å². The van der Waals surface area contributed by atoms with Gasteiger partial charge >= 0.3 is 0 Å². The third-order valence-electron chi connectivity index (χ3n) is 3.22. The molecular weight excluding hydrogens is 244 g/mol. The summed E-state index contributed by atoms with van der Waals surface area (Å²) in [5.41, 5.74) is 0. The number of nitrogens with one attached hydrogen (secondary N) is 1. The lowest BCUT2D eigenvalue weighted by Crippen LogP contribution is -2.18. The molecule has 1 unspecified atom stereocenters. The van der Waals surface area contributed by atoms with Gasteiger partial charge in [0.1, 0.15) is 5.82 Å². The molecular formula is C14H16N2O3. The summed E-state index contributed by atoms with van der Waals surface area (Å²) in [4.78, 5) is 4.38. The number of aromatic nitrogens is 1. The number of nitrogens with zero attached hydrogens (tertiary/aromatic N) is 1. The number of pyridine rings is 1. The zero-order chi connectivity index (χ0) is 13.2. The maximum absolute atomic E-state index is 5.41. The van der Waals surface area contributed by atoms with E-state index in [0.29, 0.717) is 6.54 Å². The second kappa shape index (κ2) is 4.93. The molecule has 5 nitrogen and oxygen atoms in total. The van der Waals surface area contributed by atoms with Gasteiger partial charge in [0.05, 0.1) is 6.10 Å². The van der Waals surface area contributed by atoms with Crippen LogP contribution in [-0.2, 0) is 4.74 Å².